The second-order valence-corrected chi connectivity index (χ2v) is 7.41. The van der Waals surface area contributed by atoms with Crippen molar-refractivity contribution in [1.29, 1.82) is 0 Å². The monoisotopic (exact) mass is 316 g/mol. The van der Waals surface area contributed by atoms with Gasteiger partial charge >= 0.3 is 21.3 Å². The number of carbonyl (C=O) groups is 1. The molecular formula is C12H22F2O5S. The van der Waals surface area contributed by atoms with Crippen LogP contribution < -0.4 is 0 Å². The SMILES string of the molecule is CC(C)CC(C)(C(=O)OCC(F)(F)S(=O)(=O)O)C(C)C. The summed E-state index contributed by atoms with van der Waals surface area (Å²) < 4.78 is 59.7. The van der Waals surface area contributed by atoms with E-state index >= 15 is 0 Å². The van der Waals surface area contributed by atoms with Crippen LogP contribution >= 0.6 is 0 Å². The predicted octanol–water partition coefficient (Wildman–Crippen LogP) is 2.72. The zero-order valence-electron chi connectivity index (χ0n) is 12.3. The minimum Gasteiger partial charge on any atom is -0.458 e. The van der Waals surface area contributed by atoms with E-state index in [2.05, 4.69) is 4.74 Å². The molecule has 120 valence electrons. The number of alkyl halides is 2. The van der Waals surface area contributed by atoms with Crippen LogP contribution in [-0.2, 0) is 19.6 Å². The highest BCUT2D eigenvalue weighted by atomic mass is 32.2. The number of halogens is 2. The third kappa shape index (κ3) is 4.66. The molecule has 1 unspecified atom stereocenters. The molecule has 5 nitrogen and oxygen atoms in total. The first-order chi connectivity index (χ1) is 8.74. The van der Waals surface area contributed by atoms with Crippen LogP contribution in [0.1, 0.15) is 41.0 Å². The summed E-state index contributed by atoms with van der Waals surface area (Å²) in [6, 6.07) is 0. The summed E-state index contributed by atoms with van der Waals surface area (Å²) in [5, 5.41) is -4.50. The molecule has 0 aliphatic carbocycles. The minimum absolute atomic E-state index is 0.136. The Bertz CT molecular complexity index is 445. The minimum atomic E-state index is -5.60. The van der Waals surface area contributed by atoms with Crippen LogP contribution in [0.4, 0.5) is 8.78 Å². The van der Waals surface area contributed by atoms with Crippen molar-refractivity contribution >= 4 is 16.1 Å². The molecule has 0 heterocycles. The first kappa shape index (κ1) is 19.2. The molecule has 0 saturated heterocycles. The van der Waals surface area contributed by atoms with Crippen LogP contribution in [0.2, 0.25) is 0 Å². The summed E-state index contributed by atoms with van der Waals surface area (Å²) in [7, 11) is -5.60. The molecular weight excluding hydrogens is 294 g/mol. The average molecular weight is 316 g/mol. The van der Waals surface area contributed by atoms with Gasteiger partial charge in [-0.25, -0.2) is 0 Å². The molecule has 0 spiro atoms. The second kappa shape index (κ2) is 6.34. The maximum Gasteiger partial charge on any atom is 0.402 e. The molecule has 0 aromatic heterocycles. The molecule has 0 aliphatic rings. The third-order valence-corrected chi connectivity index (χ3v) is 4.19. The molecule has 0 radical (unpaired) electrons. The Morgan fingerprint density at radius 3 is 2.00 bits per heavy atom. The Hall–Kier alpha value is -0.760. The molecule has 0 aromatic rings. The molecule has 0 saturated carbocycles. The van der Waals surface area contributed by atoms with Crippen molar-refractivity contribution in [2.75, 3.05) is 6.61 Å². The van der Waals surface area contributed by atoms with Gasteiger partial charge in [0.25, 0.3) is 0 Å². The maximum atomic E-state index is 13.0. The largest absolute Gasteiger partial charge is 0.458 e. The quantitative estimate of drug-likeness (QED) is 0.577. The standard InChI is InChI=1S/C12H22F2O5S/c1-8(2)6-11(5,9(3)4)10(15)19-7-12(13,14)20(16,17)18/h8-9H,6-7H2,1-5H3,(H,16,17,18). The highest BCUT2D eigenvalue weighted by Gasteiger charge is 2.47. The zero-order valence-corrected chi connectivity index (χ0v) is 13.1. The summed E-state index contributed by atoms with van der Waals surface area (Å²) in [6.45, 7) is 7.16. The van der Waals surface area contributed by atoms with E-state index in [0.29, 0.717) is 6.42 Å². The molecule has 0 aromatic carbocycles. The lowest BCUT2D eigenvalue weighted by atomic mass is 9.73. The number of rotatable bonds is 7. The van der Waals surface area contributed by atoms with Crippen LogP contribution in [0.5, 0.6) is 0 Å². The maximum absolute atomic E-state index is 13.0. The lowest BCUT2D eigenvalue weighted by molar-refractivity contribution is -0.165. The summed E-state index contributed by atoms with van der Waals surface area (Å²) in [4.78, 5) is 12.0. The van der Waals surface area contributed by atoms with Crippen LogP contribution in [0.3, 0.4) is 0 Å². The van der Waals surface area contributed by atoms with E-state index < -0.39 is 33.4 Å². The number of esters is 1. The van der Waals surface area contributed by atoms with Crippen molar-refractivity contribution in [1.82, 2.24) is 0 Å². The fourth-order valence-corrected chi connectivity index (χ4v) is 2.00. The van der Waals surface area contributed by atoms with Gasteiger partial charge in [0, 0.05) is 0 Å². The van der Waals surface area contributed by atoms with E-state index in [1.54, 1.807) is 20.8 Å². The molecule has 0 rings (SSSR count). The first-order valence-electron chi connectivity index (χ1n) is 6.26. The van der Waals surface area contributed by atoms with Gasteiger partial charge in [0.2, 0.25) is 0 Å². The van der Waals surface area contributed by atoms with Gasteiger partial charge in [-0.2, -0.15) is 17.2 Å². The topological polar surface area (TPSA) is 80.7 Å². The van der Waals surface area contributed by atoms with E-state index in [1.165, 1.54) is 0 Å². The highest BCUT2D eigenvalue weighted by molar-refractivity contribution is 7.86. The molecule has 20 heavy (non-hydrogen) atoms. The van der Waals surface area contributed by atoms with Gasteiger partial charge < -0.3 is 4.74 Å². The Balaban J connectivity index is 4.98. The van der Waals surface area contributed by atoms with Crippen LogP contribution in [-0.4, -0.2) is 30.8 Å². The van der Waals surface area contributed by atoms with E-state index in [9.17, 15) is 22.0 Å². The van der Waals surface area contributed by atoms with E-state index in [-0.39, 0.29) is 11.8 Å². The normalized spacial score (nSPS) is 16.3. The number of hydrogen-bond donors (Lipinski definition) is 1. The molecule has 1 atom stereocenters. The van der Waals surface area contributed by atoms with Crippen molar-refractivity contribution < 1.29 is 31.3 Å². The molecule has 0 bridgehead atoms. The molecule has 0 fully saturated rings. The van der Waals surface area contributed by atoms with Gasteiger partial charge in [-0.05, 0) is 25.2 Å². The van der Waals surface area contributed by atoms with E-state index in [1.807, 2.05) is 13.8 Å². The highest BCUT2D eigenvalue weighted by Crippen LogP contribution is 2.36. The molecule has 0 amide bonds. The fraction of sp³-hybridized carbons (Fsp3) is 0.917. The van der Waals surface area contributed by atoms with Gasteiger partial charge in [0.15, 0.2) is 6.61 Å². The van der Waals surface area contributed by atoms with Crippen molar-refractivity contribution in [2.24, 2.45) is 17.3 Å². The van der Waals surface area contributed by atoms with Gasteiger partial charge in [-0.3, -0.25) is 9.35 Å². The smallest absolute Gasteiger partial charge is 0.402 e. The lowest BCUT2D eigenvalue weighted by Crippen LogP contribution is -2.41. The van der Waals surface area contributed by atoms with Gasteiger partial charge in [-0.15, -0.1) is 0 Å². The van der Waals surface area contributed by atoms with Crippen molar-refractivity contribution in [3.8, 4) is 0 Å². The Labute approximate surface area is 118 Å². The molecule has 0 aliphatic heterocycles. The molecule has 1 N–H and O–H groups in total. The van der Waals surface area contributed by atoms with E-state index in [4.69, 9.17) is 4.55 Å². The van der Waals surface area contributed by atoms with Crippen LogP contribution in [0.15, 0.2) is 0 Å². The van der Waals surface area contributed by atoms with Gasteiger partial charge in [0.1, 0.15) is 0 Å². The Morgan fingerprint density at radius 2 is 1.70 bits per heavy atom. The Morgan fingerprint density at radius 1 is 1.25 bits per heavy atom. The second-order valence-electron chi connectivity index (χ2n) is 5.86. The van der Waals surface area contributed by atoms with Crippen molar-refractivity contribution in [3.05, 3.63) is 0 Å². The first-order valence-corrected chi connectivity index (χ1v) is 7.70. The Kier molecular flexibility index (Phi) is 6.10. The zero-order chi connectivity index (χ0) is 16.4. The van der Waals surface area contributed by atoms with Crippen molar-refractivity contribution in [3.63, 3.8) is 0 Å². The third-order valence-electron chi connectivity index (χ3n) is 3.32. The number of carbonyl (C=O) groups excluding carboxylic acids is 1. The predicted molar refractivity (Wildman–Crippen MR) is 69.9 cm³/mol. The van der Waals surface area contributed by atoms with E-state index in [0.717, 1.165) is 0 Å². The lowest BCUT2D eigenvalue weighted by Gasteiger charge is -2.33. The van der Waals surface area contributed by atoms with Crippen LogP contribution in [0, 0.1) is 17.3 Å². The fourth-order valence-electron chi connectivity index (χ4n) is 1.79. The van der Waals surface area contributed by atoms with Crippen LogP contribution in [0.25, 0.3) is 0 Å². The molecule has 8 heteroatoms. The van der Waals surface area contributed by atoms with Gasteiger partial charge in [-0.1, -0.05) is 27.7 Å². The summed E-state index contributed by atoms with van der Waals surface area (Å²) in [5.74, 6) is -0.932. The summed E-state index contributed by atoms with van der Waals surface area (Å²) in [6.07, 6.45) is 0.418. The summed E-state index contributed by atoms with van der Waals surface area (Å²) in [5.41, 5.74) is -0.997. The average Bonchev–Trinajstić information content (AvgIpc) is 2.22. The number of hydrogen-bond acceptors (Lipinski definition) is 4. The number of ether oxygens (including phenoxy) is 1. The van der Waals surface area contributed by atoms with Gasteiger partial charge in [0.05, 0.1) is 5.41 Å². The van der Waals surface area contributed by atoms with Crippen molar-refractivity contribution in [2.45, 2.75) is 46.3 Å². The summed E-state index contributed by atoms with van der Waals surface area (Å²) >= 11 is 0.